The molecule has 2 aromatic carbocycles. The van der Waals surface area contributed by atoms with E-state index >= 15 is 0 Å². The minimum atomic E-state index is -5.08. The van der Waals surface area contributed by atoms with Crippen LogP contribution in [0.5, 0.6) is 0 Å². The number of anilines is 2. The van der Waals surface area contributed by atoms with Gasteiger partial charge in [-0.1, -0.05) is 22.9 Å². The van der Waals surface area contributed by atoms with Gasteiger partial charge in [0.25, 0.3) is 5.91 Å². The van der Waals surface area contributed by atoms with Gasteiger partial charge in [-0.25, -0.2) is 9.59 Å². The fourth-order valence-electron chi connectivity index (χ4n) is 3.17. The molecular weight excluding hydrogens is 523 g/mol. The number of carboxylic acid groups (broad SMARTS) is 2. The van der Waals surface area contributed by atoms with Crippen molar-refractivity contribution in [3.8, 4) is 0 Å². The standard InChI is InChI=1S/C20H22BrN3O3.C2HF3O2/c1-2-23-9-11-24(12-10-23)18-8-7-16(13-17(18)20(26)27)22-19(25)14-3-5-15(21)6-4-14;3-2(4,5)1(6)7/h3-8,13H,2,9-12H2,1H3,(H,22,25)(H,26,27);(H,6,7). The summed E-state index contributed by atoms with van der Waals surface area (Å²) in [5.41, 5.74) is 1.87. The molecule has 0 radical (unpaired) electrons. The van der Waals surface area contributed by atoms with Crippen LogP contribution in [-0.4, -0.2) is 71.9 Å². The van der Waals surface area contributed by atoms with E-state index in [-0.39, 0.29) is 11.5 Å². The first-order valence-electron chi connectivity index (χ1n) is 10.1. The van der Waals surface area contributed by atoms with E-state index in [0.29, 0.717) is 16.9 Å². The first kappa shape index (κ1) is 27.1. The van der Waals surface area contributed by atoms with E-state index in [2.05, 4.69) is 38.0 Å². The van der Waals surface area contributed by atoms with E-state index in [4.69, 9.17) is 9.90 Å². The number of hydrogen-bond donors (Lipinski definition) is 3. The lowest BCUT2D eigenvalue weighted by Crippen LogP contribution is -2.46. The fraction of sp³-hybridized carbons (Fsp3) is 0.318. The third kappa shape index (κ3) is 7.73. The number of aliphatic carboxylic acids is 1. The smallest absolute Gasteiger partial charge is 0.478 e. The monoisotopic (exact) mass is 545 g/mol. The van der Waals surface area contributed by atoms with Gasteiger partial charge in [-0.2, -0.15) is 13.2 Å². The van der Waals surface area contributed by atoms with Crippen LogP contribution in [-0.2, 0) is 4.79 Å². The second kappa shape index (κ2) is 11.8. The molecule has 0 spiro atoms. The molecule has 0 unspecified atom stereocenters. The maximum absolute atomic E-state index is 12.4. The van der Waals surface area contributed by atoms with Crippen LogP contribution in [0, 0.1) is 0 Å². The van der Waals surface area contributed by atoms with Crippen molar-refractivity contribution in [3.05, 3.63) is 58.1 Å². The minimum absolute atomic E-state index is 0.202. The van der Waals surface area contributed by atoms with Gasteiger partial charge in [0.05, 0.1) is 11.3 Å². The summed E-state index contributed by atoms with van der Waals surface area (Å²) in [4.78, 5) is 37.5. The Morgan fingerprint density at radius 2 is 1.56 bits per heavy atom. The lowest BCUT2D eigenvalue weighted by Gasteiger charge is -2.36. The quantitative estimate of drug-likeness (QED) is 0.517. The van der Waals surface area contributed by atoms with E-state index in [1.165, 1.54) is 6.07 Å². The number of hydrogen-bond acceptors (Lipinski definition) is 5. The number of carbonyl (C=O) groups is 3. The Labute approximate surface area is 202 Å². The Morgan fingerprint density at radius 3 is 2.03 bits per heavy atom. The van der Waals surface area contributed by atoms with Gasteiger partial charge in [-0.15, -0.1) is 0 Å². The zero-order valence-corrected chi connectivity index (χ0v) is 19.7. The first-order valence-corrected chi connectivity index (χ1v) is 10.9. The summed E-state index contributed by atoms with van der Waals surface area (Å²) in [6.07, 6.45) is -5.08. The average molecular weight is 546 g/mol. The predicted octanol–water partition coefficient (Wildman–Crippen LogP) is 4.17. The third-order valence-corrected chi connectivity index (χ3v) is 5.52. The summed E-state index contributed by atoms with van der Waals surface area (Å²) in [5.74, 6) is -4.03. The zero-order chi connectivity index (χ0) is 25.5. The molecular formula is C22H23BrF3N3O5. The summed E-state index contributed by atoms with van der Waals surface area (Å²) in [7, 11) is 0. The van der Waals surface area contributed by atoms with Gasteiger partial charge in [0.1, 0.15) is 0 Å². The number of nitrogens with one attached hydrogen (secondary N) is 1. The number of rotatable bonds is 5. The van der Waals surface area contributed by atoms with Gasteiger partial charge in [-0.05, 0) is 49.0 Å². The number of alkyl halides is 3. The van der Waals surface area contributed by atoms with Crippen molar-refractivity contribution in [3.63, 3.8) is 0 Å². The van der Waals surface area contributed by atoms with Crippen molar-refractivity contribution in [2.75, 3.05) is 42.9 Å². The van der Waals surface area contributed by atoms with Crippen molar-refractivity contribution in [1.82, 2.24) is 4.90 Å². The number of aromatic carboxylic acids is 1. The van der Waals surface area contributed by atoms with Crippen molar-refractivity contribution in [2.24, 2.45) is 0 Å². The molecule has 8 nitrogen and oxygen atoms in total. The topological polar surface area (TPSA) is 110 Å². The molecule has 1 heterocycles. The number of piperazine rings is 1. The number of carboxylic acids is 2. The molecule has 1 fully saturated rings. The van der Waals surface area contributed by atoms with Gasteiger partial charge in [0.15, 0.2) is 0 Å². The van der Waals surface area contributed by atoms with E-state index in [1.54, 1.807) is 36.4 Å². The molecule has 0 aromatic heterocycles. The zero-order valence-electron chi connectivity index (χ0n) is 18.1. The highest BCUT2D eigenvalue weighted by atomic mass is 79.9. The molecule has 1 saturated heterocycles. The van der Waals surface area contributed by atoms with E-state index in [9.17, 15) is 27.9 Å². The maximum atomic E-state index is 12.4. The lowest BCUT2D eigenvalue weighted by atomic mass is 10.1. The molecule has 3 rings (SSSR count). The molecule has 0 atom stereocenters. The summed E-state index contributed by atoms with van der Waals surface area (Å²) < 4.78 is 32.6. The molecule has 0 aliphatic carbocycles. The Hall–Kier alpha value is -3.12. The van der Waals surface area contributed by atoms with Crippen LogP contribution in [0.25, 0.3) is 0 Å². The van der Waals surface area contributed by atoms with Gasteiger partial charge < -0.3 is 25.3 Å². The molecule has 184 valence electrons. The highest BCUT2D eigenvalue weighted by Gasteiger charge is 2.38. The molecule has 1 amide bonds. The Morgan fingerprint density at radius 1 is 1.00 bits per heavy atom. The third-order valence-electron chi connectivity index (χ3n) is 4.99. The van der Waals surface area contributed by atoms with Crippen LogP contribution >= 0.6 is 15.9 Å². The number of amides is 1. The van der Waals surface area contributed by atoms with Crippen molar-refractivity contribution in [2.45, 2.75) is 13.1 Å². The van der Waals surface area contributed by atoms with Gasteiger partial charge >= 0.3 is 18.1 Å². The van der Waals surface area contributed by atoms with Gasteiger partial charge in [0, 0.05) is 41.9 Å². The number of likely N-dealkylation sites (N-methyl/N-ethyl adjacent to an activating group) is 1. The summed E-state index contributed by atoms with van der Waals surface area (Å²) in [6.45, 7) is 6.54. The van der Waals surface area contributed by atoms with Crippen LogP contribution in [0.15, 0.2) is 46.9 Å². The van der Waals surface area contributed by atoms with E-state index in [1.807, 2.05) is 0 Å². The largest absolute Gasteiger partial charge is 0.490 e. The number of halogens is 4. The number of carbonyl (C=O) groups excluding carboxylic acids is 1. The Kier molecular flexibility index (Phi) is 9.45. The van der Waals surface area contributed by atoms with Crippen LogP contribution < -0.4 is 10.2 Å². The molecule has 2 aromatic rings. The molecule has 0 bridgehead atoms. The summed E-state index contributed by atoms with van der Waals surface area (Å²) >= 11 is 3.34. The lowest BCUT2D eigenvalue weighted by molar-refractivity contribution is -0.192. The van der Waals surface area contributed by atoms with Crippen LogP contribution in [0.3, 0.4) is 0 Å². The average Bonchev–Trinajstić information content (AvgIpc) is 2.79. The van der Waals surface area contributed by atoms with E-state index < -0.39 is 18.1 Å². The first-order chi connectivity index (χ1) is 15.9. The van der Waals surface area contributed by atoms with Crippen molar-refractivity contribution >= 4 is 45.2 Å². The molecule has 34 heavy (non-hydrogen) atoms. The molecule has 3 N–H and O–H groups in total. The molecule has 0 saturated carbocycles. The molecule has 1 aliphatic rings. The molecule has 1 aliphatic heterocycles. The van der Waals surface area contributed by atoms with Crippen molar-refractivity contribution in [1.29, 1.82) is 0 Å². The normalized spacial score (nSPS) is 14.1. The highest BCUT2D eigenvalue weighted by Crippen LogP contribution is 2.26. The number of benzene rings is 2. The molecule has 12 heteroatoms. The second-order valence-electron chi connectivity index (χ2n) is 7.22. The fourth-order valence-corrected chi connectivity index (χ4v) is 3.43. The summed E-state index contributed by atoms with van der Waals surface area (Å²) in [5, 5.41) is 19.5. The van der Waals surface area contributed by atoms with E-state index in [0.717, 1.165) is 37.2 Å². The summed E-state index contributed by atoms with van der Waals surface area (Å²) in [6, 6.07) is 12.1. The highest BCUT2D eigenvalue weighted by molar-refractivity contribution is 9.10. The van der Waals surface area contributed by atoms with Crippen LogP contribution in [0.1, 0.15) is 27.6 Å². The maximum Gasteiger partial charge on any atom is 0.490 e. The SMILES string of the molecule is CCN1CCN(c2ccc(NC(=O)c3ccc(Br)cc3)cc2C(=O)O)CC1.O=C(O)C(F)(F)F. The van der Waals surface area contributed by atoms with Crippen molar-refractivity contribution < 1.29 is 37.8 Å². The van der Waals surface area contributed by atoms with Gasteiger partial charge in [-0.3, -0.25) is 4.79 Å². The van der Waals surface area contributed by atoms with Crippen LogP contribution in [0.4, 0.5) is 24.5 Å². The second-order valence-corrected chi connectivity index (χ2v) is 8.14. The van der Waals surface area contributed by atoms with Gasteiger partial charge in [0.2, 0.25) is 0 Å². The Bertz CT molecular complexity index is 1020. The number of nitrogens with zero attached hydrogens (tertiary/aromatic N) is 2. The van der Waals surface area contributed by atoms with Crippen LogP contribution in [0.2, 0.25) is 0 Å². The predicted molar refractivity (Wildman–Crippen MR) is 124 cm³/mol. The minimum Gasteiger partial charge on any atom is -0.478 e. The Balaban J connectivity index is 0.000000509.